The highest BCUT2D eigenvalue weighted by molar-refractivity contribution is 8.00. The van der Waals surface area contributed by atoms with Crippen LogP contribution in [0.15, 0.2) is 15.7 Å². The number of nitrogens with zero attached hydrogens (tertiary/aromatic N) is 7. The second-order valence-electron chi connectivity index (χ2n) is 7.71. The van der Waals surface area contributed by atoms with E-state index in [0.717, 1.165) is 11.3 Å². The van der Waals surface area contributed by atoms with E-state index >= 15 is 0 Å². The molecule has 2 aliphatic rings. The number of nitrogens with two attached hydrogens (primary N) is 2. The zero-order valence-electron chi connectivity index (χ0n) is 19.2. The van der Waals surface area contributed by atoms with Crippen LogP contribution in [0.5, 0.6) is 0 Å². The van der Waals surface area contributed by atoms with Crippen LogP contribution in [0.1, 0.15) is 5.69 Å². The third-order valence-corrected chi connectivity index (χ3v) is 8.85. The molecule has 4 heterocycles. The Kier molecular flexibility index (Phi) is 10.8. The van der Waals surface area contributed by atoms with Gasteiger partial charge in [-0.15, -0.1) is 53.0 Å². The number of oxime groups is 1. The SMILES string of the molecule is Cl.Cl.Cn1nnnc1SCC1(C(=O)O)CS[C@@H]2C(NC(=O)C(=NOCCN)c3csc(N)n3)C(=O)N2C1. The van der Waals surface area contributed by atoms with Gasteiger partial charge in [-0.3, -0.25) is 14.4 Å². The van der Waals surface area contributed by atoms with Crippen molar-refractivity contribution in [2.75, 3.05) is 36.9 Å². The highest BCUT2D eigenvalue weighted by atomic mass is 35.5. The van der Waals surface area contributed by atoms with E-state index in [1.807, 2.05) is 0 Å². The predicted octanol–water partition coefficient (Wildman–Crippen LogP) is -0.965. The number of carbonyl (C=O) groups excluding carboxylic acids is 2. The Morgan fingerprint density at radius 3 is 2.78 bits per heavy atom. The molecule has 0 bridgehead atoms. The van der Waals surface area contributed by atoms with Crippen LogP contribution >= 0.6 is 59.7 Å². The second kappa shape index (κ2) is 12.9. The molecule has 0 spiro atoms. The van der Waals surface area contributed by atoms with Gasteiger partial charge in [0.1, 0.15) is 29.1 Å². The number of nitrogens with one attached hydrogen (secondary N) is 1. The van der Waals surface area contributed by atoms with Crippen LogP contribution in [-0.2, 0) is 26.3 Å². The number of rotatable bonds is 10. The monoisotopic (exact) mass is 614 g/mol. The molecule has 15 nitrogen and oxygen atoms in total. The average Bonchev–Trinajstić information content (AvgIpc) is 3.46. The van der Waals surface area contributed by atoms with Gasteiger partial charge in [-0.1, -0.05) is 16.9 Å². The summed E-state index contributed by atoms with van der Waals surface area (Å²) in [5.74, 6) is -1.64. The molecule has 6 N–H and O–H groups in total. The molecule has 0 saturated carbocycles. The maximum Gasteiger partial charge on any atom is 0.313 e. The van der Waals surface area contributed by atoms with E-state index in [9.17, 15) is 19.5 Å². The number of tetrazole rings is 1. The number of carboxylic acids is 1. The molecule has 20 heteroatoms. The maximum atomic E-state index is 12.9. The Bertz CT molecular complexity index is 1170. The van der Waals surface area contributed by atoms with Crippen LogP contribution in [0.2, 0.25) is 0 Å². The zero-order chi connectivity index (χ0) is 25.2. The number of thiazole rings is 1. The second-order valence-corrected chi connectivity index (χ2v) is 10.6. The van der Waals surface area contributed by atoms with Gasteiger partial charge in [-0.05, 0) is 10.4 Å². The van der Waals surface area contributed by atoms with E-state index in [2.05, 4.69) is 31.0 Å². The summed E-state index contributed by atoms with van der Waals surface area (Å²) in [4.78, 5) is 48.6. The number of fused-ring (bicyclic) bond motifs is 1. The molecule has 2 unspecified atom stereocenters. The number of aromatic nitrogens is 5. The zero-order valence-corrected chi connectivity index (χ0v) is 23.3. The fourth-order valence-electron chi connectivity index (χ4n) is 3.43. The van der Waals surface area contributed by atoms with Crippen molar-refractivity contribution in [3.05, 3.63) is 11.1 Å². The lowest BCUT2D eigenvalue weighted by atomic mass is 9.89. The highest BCUT2D eigenvalue weighted by Crippen LogP contribution is 2.44. The van der Waals surface area contributed by atoms with Gasteiger partial charge >= 0.3 is 5.97 Å². The number of hydrogen-bond acceptors (Lipinski definition) is 14. The Hall–Kier alpha value is -2.38. The minimum atomic E-state index is -1.19. The summed E-state index contributed by atoms with van der Waals surface area (Å²) in [5, 5.41) is 29.5. The number of amides is 2. The minimum Gasteiger partial charge on any atom is -0.481 e. The molecule has 2 aromatic rings. The van der Waals surface area contributed by atoms with Crippen LogP contribution in [-0.4, -0.2) is 101 Å². The molecule has 0 aliphatic carbocycles. The molecule has 0 radical (unpaired) electrons. The van der Waals surface area contributed by atoms with Gasteiger partial charge in [0.25, 0.3) is 5.91 Å². The van der Waals surface area contributed by atoms with Gasteiger partial charge in [-0.2, -0.15) is 0 Å². The molecule has 2 aromatic heterocycles. The largest absolute Gasteiger partial charge is 0.481 e. The highest BCUT2D eigenvalue weighted by Gasteiger charge is 2.57. The van der Waals surface area contributed by atoms with Crippen LogP contribution in [0.25, 0.3) is 0 Å². The standard InChI is InChI=1S/C17H22N10O5S3.2ClH/c1-26-16(22-24-25-26)35-7-17(14(30)31)5-27-12(29)10(13(27)34-6-17)21-11(28)9(23-32-3-2-18)8-4-33-15(19)20-8;;/h4,10,13H,2-3,5-7,18H2,1H3,(H2,19,20)(H,21,28)(H,30,31);2*1H/t10?,13-,17?;;/m1../s1. The molecule has 2 saturated heterocycles. The predicted molar refractivity (Wildman–Crippen MR) is 142 cm³/mol. The number of aliphatic carboxylic acids is 1. The number of anilines is 1. The molecule has 2 amide bonds. The van der Waals surface area contributed by atoms with Gasteiger partial charge in [0, 0.05) is 37.0 Å². The number of nitrogen functional groups attached to an aromatic ring is 1. The van der Waals surface area contributed by atoms with Crippen molar-refractivity contribution in [3.8, 4) is 0 Å². The lowest BCUT2D eigenvalue weighted by molar-refractivity contribution is -0.157. The molecule has 4 rings (SSSR count). The molecule has 3 atom stereocenters. The van der Waals surface area contributed by atoms with Crippen LogP contribution in [0.3, 0.4) is 0 Å². The number of β-lactam (4-membered cyclic amide) rings is 1. The average molecular weight is 616 g/mol. The van der Waals surface area contributed by atoms with Gasteiger partial charge in [0.15, 0.2) is 10.8 Å². The summed E-state index contributed by atoms with van der Waals surface area (Å²) in [6, 6.07) is -0.842. The molecule has 204 valence electrons. The van der Waals surface area contributed by atoms with E-state index in [4.69, 9.17) is 16.3 Å². The third kappa shape index (κ3) is 6.37. The minimum absolute atomic E-state index is 0. The normalized spacial score (nSPS) is 22.7. The van der Waals surface area contributed by atoms with Crippen LogP contribution in [0, 0.1) is 5.41 Å². The summed E-state index contributed by atoms with van der Waals surface area (Å²) in [7, 11) is 1.66. The topological polar surface area (TPSA) is 217 Å². The number of carboxylic acid groups (broad SMARTS) is 1. The number of aryl methyl sites for hydroxylation is 1. The van der Waals surface area contributed by atoms with E-state index in [0.29, 0.717) is 5.16 Å². The van der Waals surface area contributed by atoms with E-state index in [-0.39, 0.29) is 78.5 Å². The lowest BCUT2D eigenvalue weighted by Gasteiger charge is -2.53. The van der Waals surface area contributed by atoms with E-state index in [1.165, 1.54) is 33.1 Å². The van der Waals surface area contributed by atoms with Crippen molar-refractivity contribution < 1.29 is 24.3 Å². The molecule has 2 aliphatic heterocycles. The van der Waals surface area contributed by atoms with Crippen LogP contribution in [0.4, 0.5) is 5.13 Å². The number of thioether (sulfide) groups is 2. The summed E-state index contributed by atoms with van der Waals surface area (Å²) in [5.41, 5.74) is 9.95. The van der Waals surface area contributed by atoms with E-state index in [1.54, 1.807) is 12.4 Å². The Labute approximate surface area is 235 Å². The first-order valence-corrected chi connectivity index (χ1v) is 13.1. The Morgan fingerprint density at radius 2 is 2.19 bits per heavy atom. The first-order valence-electron chi connectivity index (χ1n) is 10.2. The Balaban J connectivity index is 0.00000241. The first-order chi connectivity index (χ1) is 16.8. The van der Waals surface area contributed by atoms with Gasteiger partial charge in [-0.25, -0.2) is 9.67 Å². The molecular formula is C17H24Cl2N10O5S3. The van der Waals surface area contributed by atoms with Crippen molar-refractivity contribution in [1.82, 2.24) is 35.4 Å². The van der Waals surface area contributed by atoms with Crippen molar-refractivity contribution in [2.24, 2.45) is 23.4 Å². The Morgan fingerprint density at radius 1 is 1.43 bits per heavy atom. The smallest absolute Gasteiger partial charge is 0.313 e. The quantitative estimate of drug-likeness (QED) is 0.0833. The number of hydrogen-bond donors (Lipinski definition) is 4. The third-order valence-electron chi connectivity index (χ3n) is 5.29. The first kappa shape index (κ1) is 30.8. The summed E-state index contributed by atoms with van der Waals surface area (Å²) in [6.07, 6.45) is 0. The molecule has 37 heavy (non-hydrogen) atoms. The van der Waals surface area contributed by atoms with Crippen molar-refractivity contribution in [3.63, 3.8) is 0 Å². The molecular weight excluding hydrogens is 591 g/mol. The van der Waals surface area contributed by atoms with Gasteiger partial charge in [0.05, 0.1) is 0 Å². The van der Waals surface area contributed by atoms with E-state index < -0.39 is 28.7 Å². The van der Waals surface area contributed by atoms with Gasteiger partial charge in [0.2, 0.25) is 11.1 Å². The number of carbonyl (C=O) groups is 3. The summed E-state index contributed by atoms with van der Waals surface area (Å²) < 4.78 is 1.45. The van der Waals surface area contributed by atoms with Gasteiger partial charge < -0.3 is 31.6 Å². The fraction of sp³-hybridized carbons (Fsp3) is 0.529. The molecule has 0 aromatic carbocycles. The number of halogens is 2. The van der Waals surface area contributed by atoms with Crippen molar-refractivity contribution in [2.45, 2.75) is 16.6 Å². The summed E-state index contributed by atoms with van der Waals surface area (Å²) in [6.45, 7) is 0.292. The fourth-order valence-corrected chi connectivity index (χ4v) is 6.68. The van der Waals surface area contributed by atoms with Crippen LogP contribution < -0.4 is 16.8 Å². The summed E-state index contributed by atoms with van der Waals surface area (Å²) >= 11 is 3.63. The maximum absolute atomic E-state index is 12.9. The van der Waals surface area contributed by atoms with Crippen molar-refractivity contribution in [1.29, 1.82) is 0 Å². The van der Waals surface area contributed by atoms with Crippen molar-refractivity contribution >= 4 is 88.3 Å². The lowest BCUT2D eigenvalue weighted by Crippen LogP contribution is -2.74. The molecule has 2 fully saturated rings.